The van der Waals surface area contributed by atoms with E-state index in [0.717, 1.165) is 80.9 Å². The lowest BCUT2D eigenvalue weighted by Gasteiger charge is -2.47. The summed E-state index contributed by atoms with van der Waals surface area (Å²) in [5.74, 6) is 1.32. The normalized spacial score (nSPS) is 18.4. The van der Waals surface area contributed by atoms with Crippen molar-refractivity contribution in [3.63, 3.8) is 0 Å². The third kappa shape index (κ3) is 4.88. The summed E-state index contributed by atoms with van der Waals surface area (Å²) in [5.41, 5.74) is 3.56. The van der Waals surface area contributed by atoms with Crippen LogP contribution in [0.25, 0.3) is 0 Å². The highest BCUT2D eigenvalue weighted by Gasteiger charge is 2.49. The van der Waals surface area contributed by atoms with E-state index in [2.05, 4.69) is 28.2 Å². The predicted octanol–water partition coefficient (Wildman–Crippen LogP) is 2.74. The Hall–Kier alpha value is -3.93. The average Bonchev–Trinajstić information content (AvgIpc) is 3.37. The Morgan fingerprint density at radius 2 is 2.00 bits per heavy atom. The molecule has 2 N–H and O–H groups in total. The number of hydrogen-bond donors (Lipinski definition) is 2. The van der Waals surface area contributed by atoms with Gasteiger partial charge >= 0.3 is 0 Å². The van der Waals surface area contributed by atoms with Gasteiger partial charge in [-0.15, -0.1) is 0 Å². The molecule has 0 bridgehead atoms. The Balaban J connectivity index is 1.44. The molecular weight excluding hydrogens is 466 g/mol. The summed E-state index contributed by atoms with van der Waals surface area (Å²) in [7, 11) is 1.62. The highest BCUT2D eigenvalue weighted by Crippen LogP contribution is 2.41. The zero-order valence-corrected chi connectivity index (χ0v) is 21.3. The van der Waals surface area contributed by atoms with Crippen LogP contribution in [0.4, 0.5) is 11.8 Å². The molecule has 9 heteroatoms. The predicted molar refractivity (Wildman–Crippen MR) is 141 cm³/mol. The lowest BCUT2D eigenvalue weighted by Crippen LogP contribution is -2.59. The van der Waals surface area contributed by atoms with Crippen LogP contribution in [0.5, 0.6) is 0 Å². The zero-order valence-electron chi connectivity index (χ0n) is 21.3. The summed E-state index contributed by atoms with van der Waals surface area (Å²) in [6, 6.07) is 9.25. The molecule has 9 nitrogen and oxygen atoms in total. The minimum atomic E-state index is -0.403. The quantitative estimate of drug-likeness (QED) is 0.563. The van der Waals surface area contributed by atoms with Gasteiger partial charge in [-0.2, -0.15) is 10.2 Å². The second-order valence-corrected chi connectivity index (χ2v) is 10.3. The molecule has 2 amide bonds. The molecule has 1 aromatic heterocycles. The second-order valence-electron chi connectivity index (χ2n) is 10.3. The molecule has 1 spiro atoms. The van der Waals surface area contributed by atoms with E-state index in [1.807, 2.05) is 23.1 Å². The fourth-order valence-electron chi connectivity index (χ4n) is 5.85. The Morgan fingerprint density at radius 3 is 2.76 bits per heavy atom. The first-order chi connectivity index (χ1) is 17.9. The number of carbonyl (C=O) groups excluding carboxylic acids is 2. The van der Waals surface area contributed by atoms with Crippen LogP contribution in [0.15, 0.2) is 36.9 Å². The third-order valence-electron chi connectivity index (χ3n) is 7.87. The first-order valence-corrected chi connectivity index (χ1v) is 13.0. The number of aromatic nitrogens is 2. The summed E-state index contributed by atoms with van der Waals surface area (Å²) in [6.45, 7) is 6.73. The summed E-state index contributed by atoms with van der Waals surface area (Å²) in [4.78, 5) is 38.5. The van der Waals surface area contributed by atoms with Crippen molar-refractivity contribution in [1.29, 1.82) is 5.26 Å². The van der Waals surface area contributed by atoms with E-state index < -0.39 is 6.04 Å². The van der Waals surface area contributed by atoms with Crippen molar-refractivity contribution in [3.8, 4) is 6.07 Å². The first kappa shape index (κ1) is 24.8. The van der Waals surface area contributed by atoms with Gasteiger partial charge in [0.2, 0.25) is 17.8 Å². The van der Waals surface area contributed by atoms with Gasteiger partial charge in [0.05, 0.1) is 29.8 Å². The van der Waals surface area contributed by atoms with Crippen molar-refractivity contribution in [3.05, 3.63) is 59.3 Å². The number of fused-ring (bicyclic) bond motifs is 1. The lowest BCUT2D eigenvalue weighted by atomic mass is 9.79. The fourth-order valence-corrected chi connectivity index (χ4v) is 5.85. The van der Waals surface area contributed by atoms with Crippen molar-refractivity contribution in [2.24, 2.45) is 5.41 Å². The van der Waals surface area contributed by atoms with E-state index in [1.165, 1.54) is 6.08 Å². The highest BCUT2D eigenvalue weighted by atomic mass is 16.2. The Morgan fingerprint density at radius 1 is 1.22 bits per heavy atom. The van der Waals surface area contributed by atoms with Crippen LogP contribution in [0, 0.1) is 16.7 Å². The van der Waals surface area contributed by atoms with E-state index in [0.29, 0.717) is 11.5 Å². The number of nitrogens with one attached hydrogen (secondary N) is 2. The van der Waals surface area contributed by atoms with E-state index in [-0.39, 0.29) is 23.7 Å². The lowest BCUT2D eigenvalue weighted by molar-refractivity contribution is -0.136. The molecular formula is C28H33N7O2. The van der Waals surface area contributed by atoms with Crippen LogP contribution < -0.4 is 15.5 Å². The molecule has 192 valence electrons. The fraction of sp³-hybridized carbons (Fsp3) is 0.464. The minimum absolute atomic E-state index is 0.0135. The molecule has 5 rings (SSSR count). The maximum Gasteiger partial charge on any atom is 0.245 e. The number of rotatable bonds is 7. The van der Waals surface area contributed by atoms with Crippen LogP contribution in [0.1, 0.15) is 54.1 Å². The van der Waals surface area contributed by atoms with Crippen LogP contribution in [-0.4, -0.2) is 59.9 Å². The molecule has 1 aliphatic carbocycles. The molecule has 1 aromatic carbocycles. The van der Waals surface area contributed by atoms with Gasteiger partial charge in [-0.25, -0.2) is 4.98 Å². The monoisotopic (exact) mass is 499 g/mol. The van der Waals surface area contributed by atoms with Gasteiger partial charge in [0.1, 0.15) is 5.82 Å². The maximum absolute atomic E-state index is 12.4. The van der Waals surface area contributed by atoms with Crippen molar-refractivity contribution in [1.82, 2.24) is 20.2 Å². The Bertz CT molecular complexity index is 1260. The van der Waals surface area contributed by atoms with Gasteiger partial charge < -0.3 is 20.4 Å². The standard InChI is InChI=1S/C28H33N7O2/c1-3-25(37)35-17-28(18-35)12-13-34(16-28)27-32-22-11-7-6-10-21(22)26(33-27)31-23(14-24(36)30-2)20-9-5-4-8-19(20)15-29/h3-5,8-9,23H,1,6-7,10-14,16-18H2,2H3,(H,30,36)(H,31,32,33)/t23-/m1/s1. The van der Waals surface area contributed by atoms with E-state index >= 15 is 0 Å². The number of aryl methyl sites for hydroxylation is 1. The molecule has 2 aliphatic heterocycles. The number of nitriles is 1. The summed E-state index contributed by atoms with van der Waals surface area (Å²) >= 11 is 0. The van der Waals surface area contributed by atoms with Crippen molar-refractivity contribution < 1.29 is 9.59 Å². The maximum atomic E-state index is 12.4. The number of amides is 2. The summed E-state index contributed by atoms with van der Waals surface area (Å²) < 4.78 is 0. The SMILES string of the molecule is C=CC(=O)N1CC2(CCN(c3nc4c(c(N[C@H](CC(=O)NC)c5ccccc5C#N)n3)CCCC4)C2)C1. The molecule has 37 heavy (non-hydrogen) atoms. The van der Waals surface area contributed by atoms with Gasteiger partial charge in [-0.1, -0.05) is 24.8 Å². The van der Waals surface area contributed by atoms with E-state index in [9.17, 15) is 14.9 Å². The van der Waals surface area contributed by atoms with Gasteiger partial charge in [0, 0.05) is 44.2 Å². The van der Waals surface area contributed by atoms with Crippen LogP contribution in [0.2, 0.25) is 0 Å². The van der Waals surface area contributed by atoms with E-state index in [4.69, 9.17) is 9.97 Å². The summed E-state index contributed by atoms with van der Waals surface area (Å²) in [6.07, 6.45) is 6.49. The Labute approximate surface area is 217 Å². The van der Waals surface area contributed by atoms with Crippen LogP contribution in [0.3, 0.4) is 0 Å². The number of carbonyl (C=O) groups is 2. The smallest absolute Gasteiger partial charge is 0.245 e. The second kappa shape index (κ2) is 10.2. The molecule has 0 radical (unpaired) electrons. The summed E-state index contributed by atoms with van der Waals surface area (Å²) in [5, 5.41) is 16.0. The third-order valence-corrected chi connectivity index (χ3v) is 7.87. The van der Waals surface area contributed by atoms with Crippen LogP contribution in [-0.2, 0) is 22.4 Å². The molecule has 3 aliphatic rings. The highest BCUT2D eigenvalue weighted by molar-refractivity contribution is 5.87. The molecule has 1 atom stereocenters. The largest absolute Gasteiger partial charge is 0.362 e. The van der Waals surface area contributed by atoms with Crippen LogP contribution >= 0.6 is 0 Å². The number of benzene rings is 1. The molecule has 2 saturated heterocycles. The molecule has 2 aromatic rings. The molecule has 3 heterocycles. The Kier molecular flexibility index (Phi) is 6.83. The molecule has 2 fully saturated rings. The van der Waals surface area contributed by atoms with Gasteiger partial charge in [0.25, 0.3) is 0 Å². The van der Waals surface area contributed by atoms with Crippen molar-refractivity contribution in [2.75, 3.05) is 43.4 Å². The van der Waals surface area contributed by atoms with Crippen molar-refractivity contribution >= 4 is 23.6 Å². The van der Waals surface area contributed by atoms with Crippen molar-refractivity contribution in [2.45, 2.75) is 44.6 Å². The average molecular weight is 500 g/mol. The molecule has 0 saturated carbocycles. The van der Waals surface area contributed by atoms with Gasteiger partial charge in [-0.05, 0) is 49.8 Å². The number of hydrogen-bond acceptors (Lipinski definition) is 7. The number of nitrogens with zero attached hydrogens (tertiary/aromatic N) is 5. The number of likely N-dealkylation sites (tertiary alicyclic amines) is 1. The molecule has 0 unspecified atom stereocenters. The van der Waals surface area contributed by atoms with E-state index in [1.54, 1.807) is 13.1 Å². The van der Waals surface area contributed by atoms with Gasteiger partial charge in [0.15, 0.2) is 0 Å². The number of anilines is 2. The topological polar surface area (TPSA) is 114 Å². The van der Waals surface area contributed by atoms with Gasteiger partial charge in [-0.3, -0.25) is 9.59 Å². The zero-order chi connectivity index (χ0) is 26.0. The minimum Gasteiger partial charge on any atom is -0.362 e. The first-order valence-electron chi connectivity index (χ1n) is 13.0.